The topological polar surface area (TPSA) is 110 Å². The van der Waals surface area contributed by atoms with Crippen molar-refractivity contribution in [3.05, 3.63) is 30.1 Å². The van der Waals surface area contributed by atoms with Crippen LogP contribution in [0.2, 0.25) is 0 Å². The lowest BCUT2D eigenvalue weighted by molar-refractivity contribution is -0.137. The molecule has 1 aliphatic rings. The van der Waals surface area contributed by atoms with Gasteiger partial charge in [0.25, 0.3) is 0 Å². The molecule has 0 heterocycles. The molecule has 1 saturated carbocycles. The van der Waals surface area contributed by atoms with Crippen molar-refractivity contribution < 1.29 is 29.6 Å². The number of aliphatic hydroxyl groups excluding tert-OH is 3. The molecule has 7 heteroatoms. The molecule has 1 aromatic rings. The average molecular weight is 409 g/mol. The number of benzene rings is 1. The summed E-state index contributed by atoms with van der Waals surface area (Å²) < 4.78 is 13.2. The first-order valence-electron chi connectivity index (χ1n) is 10.4. The Kier molecular flexibility index (Phi) is 9.70. The van der Waals surface area contributed by atoms with Gasteiger partial charge in [0.05, 0.1) is 24.0 Å². The molecule has 0 amide bonds. The maximum atomic E-state index is 13.2. The van der Waals surface area contributed by atoms with Crippen LogP contribution in [0, 0.1) is 17.7 Å². The molecule has 1 aliphatic carbocycles. The molecule has 29 heavy (non-hydrogen) atoms. The van der Waals surface area contributed by atoms with E-state index >= 15 is 0 Å². The van der Waals surface area contributed by atoms with Crippen molar-refractivity contribution in [2.45, 2.75) is 76.1 Å². The Balaban J connectivity index is 1.76. The van der Waals surface area contributed by atoms with Gasteiger partial charge in [-0.25, -0.2) is 4.39 Å². The molecule has 0 spiro atoms. The molecule has 162 valence electrons. The van der Waals surface area contributed by atoms with Crippen molar-refractivity contribution >= 4 is 17.9 Å². The number of unbranched alkanes of at least 4 members (excludes halogenated alkanes) is 3. The summed E-state index contributed by atoms with van der Waals surface area (Å²) in [5.74, 6) is -1.26. The number of aliphatic imine (C=N–C) groups is 1. The summed E-state index contributed by atoms with van der Waals surface area (Å²) in [4.78, 5) is 14.6. The molecule has 6 nitrogen and oxygen atoms in total. The molecule has 5 atom stereocenters. The molecule has 0 saturated heterocycles. The summed E-state index contributed by atoms with van der Waals surface area (Å²) >= 11 is 0. The van der Waals surface area contributed by atoms with E-state index in [1.807, 2.05) is 0 Å². The van der Waals surface area contributed by atoms with Crippen molar-refractivity contribution in [1.82, 2.24) is 0 Å². The fourth-order valence-corrected chi connectivity index (χ4v) is 4.16. The van der Waals surface area contributed by atoms with E-state index in [2.05, 4.69) is 4.99 Å². The second kappa shape index (κ2) is 12.0. The van der Waals surface area contributed by atoms with Crippen molar-refractivity contribution in [3.63, 3.8) is 0 Å². The third kappa shape index (κ3) is 8.20. The highest BCUT2D eigenvalue weighted by atomic mass is 19.1. The number of nitrogens with zero attached hydrogens (tertiary/aromatic N) is 1. The zero-order valence-corrected chi connectivity index (χ0v) is 16.7. The second-order valence-corrected chi connectivity index (χ2v) is 7.95. The predicted molar refractivity (Wildman–Crippen MR) is 109 cm³/mol. The first-order chi connectivity index (χ1) is 13.9. The van der Waals surface area contributed by atoms with Gasteiger partial charge in [-0.05, 0) is 62.1 Å². The molecular weight excluding hydrogens is 377 g/mol. The summed E-state index contributed by atoms with van der Waals surface area (Å²) in [6.07, 6.45) is 5.01. The Hall–Kier alpha value is -1.83. The van der Waals surface area contributed by atoms with Gasteiger partial charge < -0.3 is 20.4 Å². The van der Waals surface area contributed by atoms with Gasteiger partial charge in [-0.1, -0.05) is 25.3 Å². The molecule has 2 unspecified atom stereocenters. The molecular formula is C22H32FNO5. The standard InChI is InChI=1S/C22H32FNO5/c23-15-6-5-7-16(12-15)24-14-17(25)10-11-19-18(20(26)13-21(19)27)8-3-1-2-4-9-22(28)29/h5-7,12,14,17-21,25-27H,1-4,8-11,13H2,(H,28,29)/b24-14-/t17?,18-,19?,20+,21-/m1/s1. The van der Waals surface area contributed by atoms with Crippen LogP contribution < -0.4 is 0 Å². The van der Waals surface area contributed by atoms with Crippen LogP contribution in [0.25, 0.3) is 0 Å². The number of hydrogen-bond donors (Lipinski definition) is 4. The van der Waals surface area contributed by atoms with Crippen LogP contribution in [0.15, 0.2) is 29.3 Å². The Morgan fingerprint density at radius 1 is 1.14 bits per heavy atom. The van der Waals surface area contributed by atoms with Crippen LogP contribution in [0.3, 0.4) is 0 Å². The SMILES string of the molecule is O=C(O)CCCCCC[C@@H]1C(CCC(O)/C=N\c2cccc(F)c2)[C@H](O)C[C@@H]1O. The van der Waals surface area contributed by atoms with Crippen LogP contribution >= 0.6 is 0 Å². The maximum Gasteiger partial charge on any atom is 0.303 e. The van der Waals surface area contributed by atoms with Gasteiger partial charge in [0.15, 0.2) is 0 Å². The number of hydrogen-bond acceptors (Lipinski definition) is 5. The normalized spacial score (nSPS) is 25.5. The van der Waals surface area contributed by atoms with E-state index in [1.54, 1.807) is 12.1 Å². The van der Waals surface area contributed by atoms with Crippen molar-refractivity contribution in [2.24, 2.45) is 16.8 Å². The smallest absolute Gasteiger partial charge is 0.303 e. The second-order valence-electron chi connectivity index (χ2n) is 7.95. The van der Waals surface area contributed by atoms with Gasteiger partial charge >= 0.3 is 5.97 Å². The summed E-state index contributed by atoms with van der Waals surface area (Å²) in [5, 5.41) is 39.4. The fourth-order valence-electron chi connectivity index (χ4n) is 4.16. The number of carbonyl (C=O) groups is 1. The summed E-state index contributed by atoms with van der Waals surface area (Å²) in [5.41, 5.74) is 0.432. The minimum absolute atomic E-state index is 0.0168. The number of aliphatic hydroxyl groups is 3. The van der Waals surface area contributed by atoms with Crippen LogP contribution in [0.1, 0.15) is 57.8 Å². The Morgan fingerprint density at radius 2 is 1.83 bits per heavy atom. The van der Waals surface area contributed by atoms with Gasteiger partial charge in [-0.3, -0.25) is 9.79 Å². The van der Waals surface area contributed by atoms with E-state index in [0.717, 1.165) is 25.7 Å². The zero-order valence-electron chi connectivity index (χ0n) is 16.7. The summed E-state index contributed by atoms with van der Waals surface area (Å²) in [6, 6.07) is 5.81. The average Bonchev–Trinajstić information content (AvgIpc) is 2.93. The Morgan fingerprint density at radius 3 is 2.52 bits per heavy atom. The molecule has 0 radical (unpaired) electrons. The van der Waals surface area contributed by atoms with Gasteiger partial charge in [0.1, 0.15) is 5.82 Å². The van der Waals surface area contributed by atoms with Crippen LogP contribution in [-0.2, 0) is 4.79 Å². The van der Waals surface area contributed by atoms with Crippen molar-refractivity contribution in [3.8, 4) is 0 Å². The molecule has 2 rings (SSSR count). The molecule has 1 aromatic carbocycles. The lowest BCUT2D eigenvalue weighted by Crippen LogP contribution is -2.24. The summed E-state index contributed by atoms with van der Waals surface area (Å²) in [7, 11) is 0. The van der Waals surface area contributed by atoms with Gasteiger partial charge in [0, 0.05) is 12.6 Å². The Labute approximate surface area is 171 Å². The first kappa shape index (κ1) is 23.4. The van der Waals surface area contributed by atoms with Crippen molar-refractivity contribution in [2.75, 3.05) is 0 Å². The number of aliphatic carboxylic acids is 1. The lowest BCUT2D eigenvalue weighted by atomic mass is 9.85. The van der Waals surface area contributed by atoms with Gasteiger partial charge in [-0.2, -0.15) is 0 Å². The quantitative estimate of drug-likeness (QED) is 0.312. The third-order valence-corrected chi connectivity index (χ3v) is 5.70. The molecule has 0 bridgehead atoms. The largest absolute Gasteiger partial charge is 0.481 e. The highest BCUT2D eigenvalue weighted by Crippen LogP contribution is 2.39. The van der Waals surface area contributed by atoms with E-state index in [-0.39, 0.29) is 24.1 Å². The molecule has 1 fully saturated rings. The van der Waals surface area contributed by atoms with Gasteiger partial charge in [0.2, 0.25) is 0 Å². The number of carboxylic acids is 1. The molecule has 0 aliphatic heterocycles. The minimum Gasteiger partial charge on any atom is -0.481 e. The summed E-state index contributed by atoms with van der Waals surface area (Å²) in [6.45, 7) is 0. The van der Waals surface area contributed by atoms with E-state index in [4.69, 9.17) is 5.11 Å². The maximum absolute atomic E-state index is 13.2. The van der Waals surface area contributed by atoms with E-state index in [0.29, 0.717) is 31.4 Å². The fraction of sp³-hybridized carbons (Fsp3) is 0.636. The first-order valence-corrected chi connectivity index (χ1v) is 10.4. The lowest BCUT2D eigenvalue weighted by Gasteiger charge is -2.24. The number of rotatable bonds is 12. The van der Waals surface area contributed by atoms with Crippen LogP contribution in [-0.4, -0.2) is 50.9 Å². The Bertz CT molecular complexity index is 668. The highest BCUT2D eigenvalue weighted by molar-refractivity contribution is 5.67. The van der Waals surface area contributed by atoms with E-state index < -0.39 is 24.3 Å². The molecule has 4 N–H and O–H groups in total. The highest BCUT2D eigenvalue weighted by Gasteiger charge is 2.40. The van der Waals surface area contributed by atoms with Gasteiger partial charge in [-0.15, -0.1) is 0 Å². The molecule has 0 aromatic heterocycles. The predicted octanol–water partition coefficient (Wildman–Crippen LogP) is 3.45. The monoisotopic (exact) mass is 409 g/mol. The van der Waals surface area contributed by atoms with E-state index in [1.165, 1.54) is 18.3 Å². The van der Waals surface area contributed by atoms with Crippen LogP contribution in [0.5, 0.6) is 0 Å². The van der Waals surface area contributed by atoms with Crippen LogP contribution in [0.4, 0.5) is 10.1 Å². The van der Waals surface area contributed by atoms with Crippen molar-refractivity contribution in [1.29, 1.82) is 0 Å². The zero-order chi connectivity index (χ0) is 21.2. The third-order valence-electron chi connectivity index (χ3n) is 5.70. The number of halogens is 1. The minimum atomic E-state index is -0.806. The van der Waals surface area contributed by atoms with E-state index in [9.17, 15) is 24.5 Å². The number of carboxylic acid groups (broad SMARTS) is 1.